The summed E-state index contributed by atoms with van der Waals surface area (Å²) in [6.07, 6.45) is 0.0476. The lowest BCUT2D eigenvalue weighted by Crippen LogP contribution is -2.56. The Labute approximate surface area is 230 Å². The smallest absolute Gasteiger partial charge is 0.256 e. The minimum absolute atomic E-state index is 0.0488. The Morgan fingerprint density at radius 1 is 1.10 bits per heavy atom. The topological polar surface area (TPSA) is 87.2 Å². The Hall–Kier alpha value is -3.30. The Kier molecular flexibility index (Phi) is 7.24. The molecule has 0 unspecified atom stereocenters. The van der Waals surface area contributed by atoms with E-state index in [1.54, 1.807) is 30.9 Å². The molecule has 204 valence electrons. The van der Waals surface area contributed by atoms with Crippen molar-refractivity contribution in [1.29, 1.82) is 0 Å². The van der Waals surface area contributed by atoms with E-state index in [2.05, 4.69) is 6.58 Å². The molecule has 5 rings (SSSR count). The number of aliphatic hydroxyl groups excluding tert-OH is 1. The van der Waals surface area contributed by atoms with E-state index < -0.39 is 33.8 Å². The Morgan fingerprint density at radius 2 is 1.74 bits per heavy atom. The zero-order valence-corrected chi connectivity index (χ0v) is 23.2. The third-order valence-corrected chi connectivity index (χ3v) is 9.50. The largest absolute Gasteiger partial charge is 0.381 e. The third kappa shape index (κ3) is 4.94. The van der Waals surface area contributed by atoms with Crippen LogP contribution in [0.5, 0.6) is 0 Å². The molecule has 1 saturated heterocycles. The fourth-order valence-electron chi connectivity index (χ4n) is 5.77. The molecule has 3 aromatic rings. The lowest BCUT2D eigenvalue weighted by Gasteiger charge is -2.38. The number of amides is 1. The highest BCUT2D eigenvalue weighted by Gasteiger charge is 2.55. The molecule has 7 nitrogen and oxygen atoms in total. The van der Waals surface area contributed by atoms with E-state index in [1.165, 1.54) is 18.2 Å². The van der Waals surface area contributed by atoms with Gasteiger partial charge in [0.05, 0.1) is 23.1 Å². The second-order valence-corrected chi connectivity index (χ2v) is 12.6. The van der Waals surface area contributed by atoms with Crippen LogP contribution in [0.15, 0.2) is 96.4 Å². The Morgan fingerprint density at radius 3 is 2.41 bits per heavy atom. The summed E-state index contributed by atoms with van der Waals surface area (Å²) in [6, 6.07) is 21.9. The first-order valence-corrected chi connectivity index (χ1v) is 14.5. The molecule has 4 atom stereocenters. The SMILES string of the molecule is C=C[C@H]([C@H](O)C(=O)N1[C@@H]2c3ccccc3C[C@@H]2OC1(C)C)N(Cc1ccccc1)S(=O)(=O)c1ccc(C)cc1. The maximum Gasteiger partial charge on any atom is 0.256 e. The Bertz CT molecular complexity index is 1470. The van der Waals surface area contributed by atoms with Gasteiger partial charge in [0.25, 0.3) is 5.91 Å². The van der Waals surface area contributed by atoms with Crippen LogP contribution in [0.2, 0.25) is 0 Å². The second-order valence-electron chi connectivity index (χ2n) is 10.7. The average molecular weight is 547 g/mol. The van der Waals surface area contributed by atoms with Crippen LogP contribution in [0.4, 0.5) is 0 Å². The van der Waals surface area contributed by atoms with Gasteiger partial charge >= 0.3 is 0 Å². The van der Waals surface area contributed by atoms with E-state index in [4.69, 9.17) is 4.74 Å². The molecule has 8 heteroatoms. The lowest BCUT2D eigenvalue weighted by atomic mass is 10.0. The highest BCUT2D eigenvalue weighted by molar-refractivity contribution is 7.89. The summed E-state index contributed by atoms with van der Waals surface area (Å²) in [4.78, 5) is 15.8. The van der Waals surface area contributed by atoms with E-state index in [0.717, 1.165) is 21.0 Å². The number of nitrogens with zero attached hydrogens (tertiary/aromatic N) is 2. The molecule has 0 aromatic heterocycles. The van der Waals surface area contributed by atoms with Gasteiger partial charge in [-0.15, -0.1) is 6.58 Å². The molecule has 1 amide bonds. The standard InChI is InChI=1S/C31H34N2O5S/c1-5-26(32(20-22-11-7-6-8-12-22)39(36,37)24-17-15-21(2)16-18-24)29(34)30(35)33-28-25-14-10-9-13-23(25)19-27(28)38-31(33,3)4/h5-18,26-29,34H,1,19-20H2,2-4H3/t26-,27+,28-,29+/m1/s1. The van der Waals surface area contributed by atoms with E-state index in [0.29, 0.717) is 12.0 Å². The van der Waals surface area contributed by atoms with Crippen molar-refractivity contribution in [1.82, 2.24) is 9.21 Å². The molecular formula is C31H34N2O5S. The van der Waals surface area contributed by atoms with Gasteiger partial charge in [0.2, 0.25) is 10.0 Å². The zero-order valence-electron chi connectivity index (χ0n) is 22.4. The molecule has 1 fully saturated rings. The number of sulfonamides is 1. The van der Waals surface area contributed by atoms with Crippen molar-refractivity contribution in [3.8, 4) is 0 Å². The lowest BCUT2D eigenvalue weighted by molar-refractivity contribution is -0.158. The van der Waals surface area contributed by atoms with Gasteiger partial charge in [-0.1, -0.05) is 78.4 Å². The first kappa shape index (κ1) is 27.3. The van der Waals surface area contributed by atoms with Gasteiger partial charge in [-0.05, 0) is 49.6 Å². The maximum absolute atomic E-state index is 14.1. The predicted molar refractivity (Wildman–Crippen MR) is 149 cm³/mol. The number of aryl methyl sites for hydroxylation is 1. The summed E-state index contributed by atoms with van der Waals surface area (Å²) < 4.78 is 35.4. The number of hydrogen-bond donors (Lipinski definition) is 1. The van der Waals surface area contributed by atoms with E-state index in [-0.39, 0.29) is 23.6 Å². The molecule has 1 N–H and O–H groups in total. The molecule has 1 aliphatic carbocycles. The number of ether oxygens (including phenoxy) is 1. The van der Waals surface area contributed by atoms with Gasteiger partial charge in [0.1, 0.15) is 5.72 Å². The highest BCUT2D eigenvalue weighted by atomic mass is 32.2. The number of benzene rings is 3. The molecule has 39 heavy (non-hydrogen) atoms. The van der Waals surface area contributed by atoms with Crippen molar-refractivity contribution in [2.75, 3.05) is 0 Å². The molecule has 0 radical (unpaired) electrons. The minimum atomic E-state index is -4.12. The number of hydrogen-bond acceptors (Lipinski definition) is 5. The maximum atomic E-state index is 14.1. The summed E-state index contributed by atoms with van der Waals surface area (Å²) in [6.45, 7) is 9.27. The summed E-state index contributed by atoms with van der Waals surface area (Å²) >= 11 is 0. The fourth-order valence-corrected chi connectivity index (χ4v) is 7.36. The summed E-state index contributed by atoms with van der Waals surface area (Å²) in [5, 5.41) is 11.6. The van der Waals surface area contributed by atoms with Crippen molar-refractivity contribution in [2.24, 2.45) is 0 Å². The van der Waals surface area contributed by atoms with Gasteiger partial charge in [-0.2, -0.15) is 4.31 Å². The van der Waals surface area contributed by atoms with Crippen LogP contribution >= 0.6 is 0 Å². The van der Waals surface area contributed by atoms with Crippen LogP contribution in [0.25, 0.3) is 0 Å². The van der Waals surface area contributed by atoms with Gasteiger partial charge < -0.3 is 14.7 Å². The zero-order chi connectivity index (χ0) is 27.9. The number of rotatable bonds is 8. The number of carbonyl (C=O) groups excluding carboxylic acids is 1. The molecule has 0 saturated carbocycles. The Balaban J connectivity index is 1.53. The highest BCUT2D eigenvalue weighted by Crippen LogP contribution is 2.48. The monoisotopic (exact) mass is 546 g/mol. The van der Waals surface area contributed by atoms with Gasteiger partial charge in [0, 0.05) is 13.0 Å². The van der Waals surface area contributed by atoms with E-state index in [1.807, 2.05) is 61.5 Å². The predicted octanol–water partition coefficient (Wildman–Crippen LogP) is 4.36. The third-order valence-electron chi connectivity index (χ3n) is 7.64. The number of aliphatic hydroxyl groups is 1. The van der Waals surface area contributed by atoms with Gasteiger partial charge in [-0.25, -0.2) is 8.42 Å². The van der Waals surface area contributed by atoms with Crippen molar-refractivity contribution < 1.29 is 23.1 Å². The van der Waals surface area contributed by atoms with Crippen LogP contribution in [0, 0.1) is 6.92 Å². The van der Waals surface area contributed by atoms with E-state index >= 15 is 0 Å². The molecule has 0 bridgehead atoms. The molecule has 3 aromatic carbocycles. The second kappa shape index (κ2) is 10.4. The number of carbonyl (C=O) groups is 1. The van der Waals surface area contributed by atoms with Crippen LogP contribution in [-0.2, 0) is 32.5 Å². The quantitative estimate of drug-likeness (QED) is 0.424. The average Bonchev–Trinajstić information content (AvgIpc) is 3.38. The summed E-state index contributed by atoms with van der Waals surface area (Å²) in [5.41, 5.74) is 2.73. The molecule has 2 aliphatic rings. The number of fused-ring (bicyclic) bond motifs is 3. The summed E-state index contributed by atoms with van der Waals surface area (Å²) in [7, 11) is -4.12. The van der Waals surface area contributed by atoms with Crippen molar-refractivity contribution in [2.45, 2.75) is 68.6 Å². The van der Waals surface area contributed by atoms with Gasteiger partial charge in [-0.3, -0.25) is 4.79 Å². The van der Waals surface area contributed by atoms with Crippen LogP contribution < -0.4 is 0 Å². The van der Waals surface area contributed by atoms with Crippen molar-refractivity contribution in [3.05, 3.63) is 114 Å². The first-order chi connectivity index (χ1) is 18.5. The van der Waals surface area contributed by atoms with Gasteiger partial charge in [0.15, 0.2) is 6.10 Å². The van der Waals surface area contributed by atoms with Crippen LogP contribution in [-0.4, -0.2) is 52.6 Å². The van der Waals surface area contributed by atoms with Crippen LogP contribution in [0.3, 0.4) is 0 Å². The molecule has 1 aliphatic heterocycles. The summed E-state index contributed by atoms with van der Waals surface area (Å²) in [5.74, 6) is -0.605. The first-order valence-electron chi connectivity index (χ1n) is 13.1. The minimum Gasteiger partial charge on any atom is -0.381 e. The molecular weight excluding hydrogens is 512 g/mol. The fraction of sp³-hybridized carbons (Fsp3) is 0.323. The molecule has 1 heterocycles. The van der Waals surface area contributed by atoms with Crippen LogP contribution in [0.1, 0.15) is 42.1 Å². The van der Waals surface area contributed by atoms with Crippen molar-refractivity contribution in [3.63, 3.8) is 0 Å². The van der Waals surface area contributed by atoms with E-state index in [9.17, 15) is 18.3 Å². The normalized spacial score (nSPS) is 21.3. The van der Waals surface area contributed by atoms with Crippen molar-refractivity contribution >= 4 is 15.9 Å². The molecule has 0 spiro atoms.